The Hall–Kier alpha value is -3.62. The van der Waals surface area contributed by atoms with Crippen LogP contribution in [0.2, 0.25) is 0 Å². The molecule has 0 spiro atoms. The van der Waals surface area contributed by atoms with Gasteiger partial charge in [-0.1, -0.05) is 62.4 Å². The van der Waals surface area contributed by atoms with Crippen molar-refractivity contribution in [2.24, 2.45) is 11.8 Å². The van der Waals surface area contributed by atoms with Crippen molar-refractivity contribution in [3.05, 3.63) is 94.0 Å². The van der Waals surface area contributed by atoms with E-state index in [1.807, 2.05) is 36.4 Å². The summed E-state index contributed by atoms with van der Waals surface area (Å²) in [6.45, 7) is 4.93. The van der Waals surface area contributed by atoms with Gasteiger partial charge in [-0.15, -0.1) is 0 Å². The molecule has 3 heterocycles. The zero-order chi connectivity index (χ0) is 33.2. The normalized spacial score (nSPS) is 32.2. The van der Waals surface area contributed by atoms with Crippen LogP contribution < -0.4 is 4.74 Å². The third-order valence-electron chi connectivity index (χ3n) is 10.4. The van der Waals surface area contributed by atoms with Gasteiger partial charge in [0.2, 0.25) is 0 Å². The topological polar surface area (TPSA) is 160 Å². The summed E-state index contributed by atoms with van der Waals surface area (Å²) in [4.78, 5) is 27.5. The van der Waals surface area contributed by atoms with Crippen molar-refractivity contribution in [2.75, 3.05) is 0 Å². The van der Waals surface area contributed by atoms with Crippen LogP contribution in [-0.4, -0.2) is 63.0 Å². The van der Waals surface area contributed by atoms with Gasteiger partial charge in [0.1, 0.15) is 35.2 Å². The second-order valence-corrected chi connectivity index (χ2v) is 16.5. The van der Waals surface area contributed by atoms with Gasteiger partial charge in [-0.05, 0) is 64.8 Å². The average Bonchev–Trinajstić information content (AvgIpc) is 3.64. The van der Waals surface area contributed by atoms with Gasteiger partial charge in [0, 0.05) is 11.8 Å². The molecule has 3 aliphatic heterocycles. The summed E-state index contributed by atoms with van der Waals surface area (Å²) in [6.07, 6.45) is -3.90. The molecule has 9 rings (SSSR count). The lowest BCUT2D eigenvalue weighted by atomic mass is 9.59. The first kappa shape index (κ1) is 30.7. The van der Waals surface area contributed by atoms with E-state index in [1.165, 1.54) is 30.2 Å². The number of ether oxygens (including phenoxy) is 3. The molecule has 7 unspecified atom stereocenters. The maximum atomic E-state index is 14.0. The summed E-state index contributed by atoms with van der Waals surface area (Å²) in [5, 5.41) is -1.36. The Kier molecular flexibility index (Phi) is 6.82. The van der Waals surface area contributed by atoms with Crippen molar-refractivity contribution >= 4 is 32.2 Å². The molecule has 6 aliphatic rings. The highest BCUT2D eigenvalue weighted by molar-refractivity contribution is 7.87. The van der Waals surface area contributed by atoms with Crippen LogP contribution in [0.5, 0.6) is 5.75 Å². The molecule has 47 heavy (non-hydrogen) atoms. The molecule has 0 radical (unpaired) electrons. The maximum Gasteiger partial charge on any atom is 0.318 e. The largest absolute Gasteiger partial charge is 0.456 e. The van der Waals surface area contributed by atoms with Crippen LogP contribution in [0.3, 0.4) is 0 Å². The molecule has 246 valence electrons. The van der Waals surface area contributed by atoms with E-state index < -0.39 is 73.7 Å². The Morgan fingerprint density at radius 1 is 0.915 bits per heavy atom. The molecule has 3 aromatic carbocycles. The highest BCUT2D eigenvalue weighted by Crippen LogP contribution is 2.57. The molecule has 0 amide bonds. The molecule has 3 saturated heterocycles. The second kappa shape index (κ2) is 10.4. The summed E-state index contributed by atoms with van der Waals surface area (Å²) in [5.74, 6) is -3.96. The molecular weight excluding hydrogens is 648 g/mol. The van der Waals surface area contributed by atoms with Crippen molar-refractivity contribution in [1.29, 1.82) is 0 Å². The summed E-state index contributed by atoms with van der Waals surface area (Å²) in [6, 6.07) is 18.7. The van der Waals surface area contributed by atoms with Gasteiger partial charge >= 0.3 is 11.9 Å². The van der Waals surface area contributed by atoms with E-state index in [2.05, 4.69) is 12.1 Å². The highest BCUT2D eigenvalue weighted by atomic mass is 32.2. The quantitative estimate of drug-likeness (QED) is 0.174. The minimum atomic E-state index is -4.56. The van der Waals surface area contributed by atoms with E-state index >= 15 is 0 Å². The van der Waals surface area contributed by atoms with Crippen LogP contribution in [0.15, 0.2) is 65.6 Å². The fourth-order valence-corrected chi connectivity index (χ4v) is 11.2. The minimum absolute atomic E-state index is 0.00243. The molecule has 3 aromatic rings. The number of carbonyl (C=O) groups is 2. The molecule has 0 aromatic heterocycles. The zero-order valence-electron chi connectivity index (χ0n) is 25.6. The third-order valence-corrected chi connectivity index (χ3v) is 13.1. The molecule has 7 atom stereocenters. The standard InChI is InChI=1S/C34H32O11S2/c1-15(2)21-14-24(16(3)12-25(21)46(37,38)39)42-34(36)27-28-29(30-31(43-28)32(27)47(40,41)45-30)44-33(35)23-13-22-17-8-4-6-10-19(17)26(23)20-11-7-5-9-18(20)22/h4-12,14-15,22-23,26-32H,13H2,1-3H3,(H,37,38,39). The average molecular weight is 681 g/mol. The molecule has 3 aliphatic carbocycles. The number of esters is 2. The number of hydrogen-bond donors (Lipinski definition) is 1. The monoisotopic (exact) mass is 680 g/mol. The van der Waals surface area contributed by atoms with Crippen LogP contribution in [0.4, 0.5) is 0 Å². The van der Waals surface area contributed by atoms with Crippen molar-refractivity contribution in [3.63, 3.8) is 0 Å². The lowest BCUT2D eigenvalue weighted by Crippen LogP contribution is -2.51. The number of aryl methyl sites for hydroxylation is 1. The maximum absolute atomic E-state index is 14.0. The van der Waals surface area contributed by atoms with Crippen molar-refractivity contribution < 1.29 is 49.4 Å². The predicted molar refractivity (Wildman–Crippen MR) is 165 cm³/mol. The predicted octanol–water partition coefficient (Wildman–Crippen LogP) is 3.97. The van der Waals surface area contributed by atoms with E-state index in [0.29, 0.717) is 6.42 Å². The van der Waals surface area contributed by atoms with Crippen LogP contribution in [0, 0.1) is 18.8 Å². The number of rotatable bonds is 6. The molecule has 11 nitrogen and oxygen atoms in total. The lowest BCUT2D eigenvalue weighted by Gasteiger charge is -2.44. The van der Waals surface area contributed by atoms with Gasteiger partial charge in [0.05, 0.1) is 10.8 Å². The van der Waals surface area contributed by atoms with Gasteiger partial charge in [-0.25, -0.2) is 0 Å². The Morgan fingerprint density at radius 2 is 1.53 bits per heavy atom. The molecule has 13 heteroatoms. The fourth-order valence-electron chi connectivity index (χ4n) is 8.46. The van der Waals surface area contributed by atoms with Gasteiger partial charge in [-0.3, -0.25) is 18.3 Å². The van der Waals surface area contributed by atoms with E-state index in [-0.39, 0.29) is 39.5 Å². The molecule has 1 N–H and O–H groups in total. The van der Waals surface area contributed by atoms with Gasteiger partial charge in [0.15, 0.2) is 6.10 Å². The minimum Gasteiger partial charge on any atom is -0.456 e. The summed E-state index contributed by atoms with van der Waals surface area (Å²) >= 11 is 0. The van der Waals surface area contributed by atoms with E-state index in [1.54, 1.807) is 13.8 Å². The van der Waals surface area contributed by atoms with E-state index in [4.69, 9.17) is 18.4 Å². The zero-order valence-corrected chi connectivity index (χ0v) is 27.2. The smallest absolute Gasteiger partial charge is 0.318 e. The van der Waals surface area contributed by atoms with Crippen molar-refractivity contribution in [3.8, 4) is 5.75 Å². The lowest BCUT2D eigenvalue weighted by molar-refractivity contribution is -0.165. The fraction of sp³-hybridized carbons (Fsp3) is 0.412. The number of benzene rings is 3. The van der Waals surface area contributed by atoms with Crippen LogP contribution in [0.25, 0.3) is 0 Å². The second-order valence-electron chi connectivity index (χ2n) is 13.3. The first-order valence-electron chi connectivity index (χ1n) is 15.6. The SMILES string of the molecule is Cc1cc(S(=O)(=O)O)c(C(C)C)cc1OC(=O)C1C2OC3C(OS(=O)(=O)C31)C2OC(=O)C1CC2c3ccccc3C1c1ccccc12. The number of carbonyl (C=O) groups excluding carboxylic acids is 2. The Balaban J connectivity index is 1.09. The molecular formula is C34H32O11S2. The van der Waals surface area contributed by atoms with Gasteiger partial charge in [-0.2, -0.15) is 16.8 Å². The first-order valence-corrected chi connectivity index (χ1v) is 18.5. The molecule has 0 saturated carbocycles. The number of hydrogen-bond acceptors (Lipinski definition) is 10. The Morgan fingerprint density at radius 3 is 2.13 bits per heavy atom. The Labute approximate surface area is 272 Å². The first-order chi connectivity index (χ1) is 22.3. The summed E-state index contributed by atoms with van der Waals surface area (Å²) in [5.41, 5.74) is 4.94. The Bertz CT molecular complexity index is 2020. The van der Waals surface area contributed by atoms with Crippen LogP contribution in [0.1, 0.15) is 71.4 Å². The van der Waals surface area contributed by atoms with E-state index in [9.17, 15) is 31.0 Å². The molecule has 4 bridgehead atoms. The van der Waals surface area contributed by atoms with Gasteiger partial charge < -0.3 is 14.2 Å². The van der Waals surface area contributed by atoms with E-state index in [0.717, 1.165) is 11.1 Å². The highest BCUT2D eigenvalue weighted by Gasteiger charge is 2.74. The summed E-state index contributed by atoms with van der Waals surface area (Å²) in [7, 11) is -8.85. The van der Waals surface area contributed by atoms with Gasteiger partial charge in [0.25, 0.3) is 20.2 Å². The molecule has 3 fully saturated rings. The van der Waals surface area contributed by atoms with Crippen LogP contribution >= 0.6 is 0 Å². The van der Waals surface area contributed by atoms with Crippen LogP contribution in [-0.2, 0) is 43.5 Å². The van der Waals surface area contributed by atoms with Crippen molar-refractivity contribution in [2.45, 2.75) is 79.5 Å². The number of fused-ring (bicyclic) bond motifs is 2. The summed E-state index contributed by atoms with van der Waals surface area (Å²) < 4.78 is 83.4. The van der Waals surface area contributed by atoms with Crippen molar-refractivity contribution in [1.82, 2.24) is 0 Å². The third kappa shape index (κ3) is 4.54.